The summed E-state index contributed by atoms with van der Waals surface area (Å²) in [6, 6.07) is 5.33. The van der Waals surface area contributed by atoms with Crippen LogP contribution in [-0.2, 0) is 0 Å². The second-order valence-electron chi connectivity index (χ2n) is 6.45. The van der Waals surface area contributed by atoms with Crippen molar-refractivity contribution >= 4 is 47.4 Å². The second-order valence-corrected chi connectivity index (χ2v) is 6.86. The van der Waals surface area contributed by atoms with Gasteiger partial charge < -0.3 is 15.5 Å². The van der Waals surface area contributed by atoms with Crippen molar-refractivity contribution in [3.63, 3.8) is 0 Å². The lowest BCUT2D eigenvalue weighted by Crippen LogP contribution is -2.57. The van der Waals surface area contributed by atoms with Crippen molar-refractivity contribution in [1.29, 1.82) is 0 Å². The van der Waals surface area contributed by atoms with Gasteiger partial charge in [-0.2, -0.15) is 13.2 Å². The van der Waals surface area contributed by atoms with Crippen molar-refractivity contribution in [2.24, 2.45) is 4.99 Å². The first kappa shape index (κ1) is 25.8. The van der Waals surface area contributed by atoms with Crippen LogP contribution in [0, 0.1) is 0 Å². The third-order valence-corrected chi connectivity index (χ3v) is 4.99. The number of piperazine rings is 1. The number of nitrogens with zero attached hydrogens (tertiary/aromatic N) is 3. The molecule has 29 heavy (non-hydrogen) atoms. The standard InChI is InChI=1S/C18H25ClF3N5O.HI/c1-13(18(20,21)22)26-9-11-27(12-10-26)17(23-2)25-8-7-24-16(28)14-5-3-4-6-15(14)19;/h3-6,13H,7-12H2,1-2H3,(H,23,25)(H,24,28);1H. The molecule has 11 heteroatoms. The van der Waals surface area contributed by atoms with Crippen LogP contribution in [0.3, 0.4) is 0 Å². The van der Waals surface area contributed by atoms with Crippen LogP contribution in [0.5, 0.6) is 0 Å². The van der Waals surface area contributed by atoms with E-state index in [1.165, 1.54) is 11.8 Å². The zero-order valence-corrected chi connectivity index (χ0v) is 19.4. The number of halogens is 5. The zero-order chi connectivity index (χ0) is 20.7. The molecule has 1 aromatic rings. The number of alkyl halides is 3. The molecule has 1 saturated heterocycles. The number of amides is 1. The minimum absolute atomic E-state index is 0. The third kappa shape index (κ3) is 7.49. The molecule has 2 rings (SSSR count). The number of rotatable bonds is 5. The van der Waals surface area contributed by atoms with Crippen molar-refractivity contribution in [2.45, 2.75) is 19.1 Å². The van der Waals surface area contributed by atoms with Crippen LogP contribution < -0.4 is 10.6 Å². The van der Waals surface area contributed by atoms with E-state index in [0.29, 0.717) is 55.8 Å². The Balaban J connectivity index is 0.00000420. The third-order valence-electron chi connectivity index (χ3n) is 4.66. The van der Waals surface area contributed by atoms with E-state index in [9.17, 15) is 18.0 Å². The van der Waals surface area contributed by atoms with Gasteiger partial charge in [-0.1, -0.05) is 23.7 Å². The number of hydrogen-bond donors (Lipinski definition) is 2. The molecular weight excluding hydrogens is 522 g/mol. The molecule has 0 aliphatic carbocycles. The van der Waals surface area contributed by atoms with E-state index in [0.717, 1.165) is 0 Å². The van der Waals surface area contributed by atoms with Crippen molar-refractivity contribution in [3.8, 4) is 0 Å². The van der Waals surface area contributed by atoms with Gasteiger partial charge in [-0.05, 0) is 19.1 Å². The summed E-state index contributed by atoms with van der Waals surface area (Å²) in [6.07, 6.45) is -4.22. The van der Waals surface area contributed by atoms with Gasteiger partial charge in [0.1, 0.15) is 6.04 Å². The Morgan fingerprint density at radius 2 is 1.76 bits per heavy atom. The van der Waals surface area contributed by atoms with Gasteiger partial charge in [0.05, 0.1) is 10.6 Å². The molecule has 1 aromatic carbocycles. The highest BCUT2D eigenvalue weighted by Gasteiger charge is 2.41. The predicted octanol–water partition coefficient (Wildman–Crippen LogP) is 2.83. The normalized spacial score (nSPS) is 16.8. The molecule has 0 spiro atoms. The molecule has 0 bridgehead atoms. The monoisotopic (exact) mass is 547 g/mol. The highest BCUT2D eigenvalue weighted by atomic mass is 127. The van der Waals surface area contributed by atoms with Gasteiger partial charge in [0.25, 0.3) is 5.91 Å². The highest BCUT2D eigenvalue weighted by Crippen LogP contribution is 2.25. The lowest BCUT2D eigenvalue weighted by molar-refractivity contribution is -0.181. The molecule has 0 saturated carbocycles. The number of carbonyl (C=O) groups is 1. The minimum Gasteiger partial charge on any atom is -0.354 e. The first-order valence-corrected chi connectivity index (χ1v) is 9.41. The van der Waals surface area contributed by atoms with Crippen molar-refractivity contribution in [2.75, 3.05) is 46.3 Å². The minimum atomic E-state index is -4.22. The lowest BCUT2D eigenvalue weighted by Gasteiger charge is -2.39. The van der Waals surface area contributed by atoms with E-state index in [1.807, 2.05) is 4.90 Å². The quantitative estimate of drug-likeness (QED) is 0.258. The number of hydrogen-bond acceptors (Lipinski definition) is 3. The van der Waals surface area contributed by atoms with Gasteiger partial charge in [0.15, 0.2) is 5.96 Å². The summed E-state index contributed by atoms with van der Waals surface area (Å²) < 4.78 is 38.5. The maximum Gasteiger partial charge on any atom is 0.403 e. The van der Waals surface area contributed by atoms with Crippen LogP contribution in [0.25, 0.3) is 0 Å². The first-order valence-electron chi connectivity index (χ1n) is 9.03. The number of aliphatic imine (C=N–C) groups is 1. The molecule has 1 unspecified atom stereocenters. The van der Waals surface area contributed by atoms with E-state index < -0.39 is 12.2 Å². The maximum atomic E-state index is 12.8. The molecule has 164 valence electrons. The molecule has 1 aliphatic heterocycles. The van der Waals surface area contributed by atoms with Crippen LogP contribution >= 0.6 is 35.6 Å². The zero-order valence-electron chi connectivity index (χ0n) is 16.3. The van der Waals surface area contributed by atoms with E-state index in [2.05, 4.69) is 15.6 Å². The van der Waals surface area contributed by atoms with E-state index in [1.54, 1.807) is 31.3 Å². The fourth-order valence-corrected chi connectivity index (χ4v) is 3.17. The topological polar surface area (TPSA) is 60.0 Å². The Morgan fingerprint density at radius 1 is 1.17 bits per heavy atom. The second kappa shape index (κ2) is 11.8. The summed E-state index contributed by atoms with van der Waals surface area (Å²) in [5.41, 5.74) is 0.406. The molecular formula is C18H26ClF3IN5O. The Bertz CT molecular complexity index is 696. The lowest BCUT2D eigenvalue weighted by atomic mass is 10.2. The molecule has 6 nitrogen and oxygen atoms in total. The summed E-state index contributed by atoms with van der Waals surface area (Å²) in [5.74, 6) is 0.337. The van der Waals surface area contributed by atoms with Crippen LogP contribution in [-0.4, -0.2) is 80.2 Å². The van der Waals surface area contributed by atoms with Gasteiger partial charge in [0.2, 0.25) is 0 Å². The number of benzene rings is 1. The van der Waals surface area contributed by atoms with Gasteiger partial charge in [0, 0.05) is 46.3 Å². The van der Waals surface area contributed by atoms with Gasteiger partial charge >= 0.3 is 6.18 Å². The molecule has 0 radical (unpaired) electrons. The number of nitrogens with one attached hydrogen (secondary N) is 2. The summed E-state index contributed by atoms with van der Waals surface area (Å²) in [7, 11) is 1.62. The Kier molecular flexibility index (Phi) is 10.5. The summed E-state index contributed by atoms with van der Waals surface area (Å²) in [4.78, 5) is 19.6. The largest absolute Gasteiger partial charge is 0.403 e. The van der Waals surface area contributed by atoms with Crippen molar-refractivity contribution in [3.05, 3.63) is 34.9 Å². The van der Waals surface area contributed by atoms with E-state index >= 15 is 0 Å². The Labute approximate surface area is 190 Å². The van der Waals surface area contributed by atoms with Crippen molar-refractivity contribution in [1.82, 2.24) is 20.4 Å². The molecule has 0 aromatic heterocycles. The van der Waals surface area contributed by atoms with Gasteiger partial charge in [-0.25, -0.2) is 0 Å². The smallest absolute Gasteiger partial charge is 0.354 e. The highest BCUT2D eigenvalue weighted by molar-refractivity contribution is 14.0. The molecule has 1 aliphatic rings. The van der Waals surface area contributed by atoms with Gasteiger partial charge in [-0.3, -0.25) is 14.7 Å². The SMILES string of the molecule is CN=C(NCCNC(=O)c1ccccc1Cl)N1CCN(C(C)C(F)(F)F)CC1.I. The summed E-state index contributed by atoms with van der Waals surface area (Å²) in [6.45, 7) is 3.49. The van der Waals surface area contributed by atoms with E-state index in [4.69, 9.17) is 11.6 Å². The Morgan fingerprint density at radius 3 is 2.31 bits per heavy atom. The first-order chi connectivity index (χ1) is 13.2. The summed E-state index contributed by atoms with van der Waals surface area (Å²) >= 11 is 5.99. The fraction of sp³-hybridized carbons (Fsp3) is 0.556. The number of carbonyl (C=O) groups excluding carboxylic acids is 1. The molecule has 1 amide bonds. The number of guanidine groups is 1. The van der Waals surface area contributed by atoms with Crippen molar-refractivity contribution < 1.29 is 18.0 Å². The average Bonchev–Trinajstić information content (AvgIpc) is 2.67. The molecule has 1 fully saturated rings. The Hall–Kier alpha value is -1.27. The van der Waals surface area contributed by atoms with Crippen LogP contribution in [0.1, 0.15) is 17.3 Å². The fourth-order valence-electron chi connectivity index (χ4n) is 2.95. The van der Waals surface area contributed by atoms with E-state index in [-0.39, 0.29) is 29.9 Å². The van der Waals surface area contributed by atoms with Gasteiger partial charge in [-0.15, -0.1) is 24.0 Å². The maximum absolute atomic E-state index is 12.8. The predicted molar refractivity (Wildman–Crippen MR) is 119 cm³/mol. The molecule has 1 heterocycles. The molecule has 1 atom stereocenters. The summed E-state index contributed by atoms with van der Waals surface area (Å²) in [5, 5.41) is 6.27. The van der Waals surface area contributed by atoms with Crippen LogP contribution in [0.4, 0.5) is 13.2 Å². The average molecular weight is 548 g/mol. The van der Waals surface area contributed by atoms with Crippen LogP contribution in [0.15, 0.2) is 29.3 Å². The molecule has 2 N–H and O–H groups in total. The van der Waals surface area contributed by atoms with Crippen LogP contribution in [0.2, 0.25) is 5.02 Å².